The van der Waals surface area contributed by atoms with Crippen molar-refractivity contribution >= 4 is 0 Å². The highest BCUT2D eigenvalue weighted by Crippen LogP contribution is 2.31. The molecule has 0 unspecified atom stereocenters. The predicted octanol–water partition coefficient (Wildman–Crippen LogP) is 2.15. The molecule has 0 spiro atoms. The van der Waals surface area contributed by atoms with E-state index in [4.69, 9.17) is 9.47 Å². The maximum Gasteiger partial charge on any atom is 0.257 e. The van der Waals surface area contributed by atoms with Gasteiger partial charge in [0, 0.05) is 5.41 Å². The van der Waals surface area contributed by atoms with E-state index in [2.05, 4.69) is 25.8 Å². The Kier molecular flexibility index (Phi) is 2.10. The average molecular weight is 193 g/mol. The molecule has 2 rings (SSSR count). The molecule has 1 aromatic rings. The van der Waals surface area contributed by atoms with Crippen LogP contribution in [0.1, 0.15) is 26.5 Å². The van der Waals surface area contributed by atoms with Gasteiger partial charge in [-0.15, -0.1) is 0 Å². The lowest BCUT2D eigenvalue weighted by Gasteiger charge is -2.22. The van der Waals surface area contributed by atoms with Crippen LogP contribution in [0.3, 0.4) is 0 Å². The Bertz CT molecular complexity index is 342. The van der Waals surface area contributed by atoms with Crippen LogP contribution in [0.15, 0.2) is 12.1 Å². The summed E-state index contributed by atoms with van der Waals surface area (Å²) in [5.41, 5.74) is 1.08. The number of hydrogen-bond donors (Lipinski definition) is 0. The first kappa shape index (κ1) is 9.31. The van der Waals surface area contributed by atoms with E-state index in [1.807, 2.05) is 12.1 Å². The summed E-state index contributed by atoms with van der Waals surface area (Å²) in [7, 11) is 0. The van der Waals surface area contributed by atoms with Crippen molar-refractivity contribution in [3.63, 3.8) is 0 Å². The smallest absolute Gasteiger partial charge is 0.257 e. The molecule has 0 atom stereocenters. The van der Waals surface area contributed by atoms with Gasteiger partial charge in [-0.3, -0.25) is 0 Å². The van der Waals surface area contributed by atoms with Crippen LogP contribution in [0.4, 0.5) is 0 Å². The zero-order valence-corrected chi connectivity index (χ0v) is 8.83. The van der Waals surface area contributed by atoms with Gasteiger partial charge in [-0.1, -0.05) is 20.8 Å². The zero-order chi connectivity index (χ0) is 10.2. The highest BCUT2D eigenvalue weighted by Gasteiger charge is 2.20. The first-order valence-corrected chi connectivity index (χ1v) is 4.84. The summed E-state index contributed by atoms with van der Waals surface area (Å²) in [5.74, 6) is 1.38. The van der Waals surface area contributed by atoms with Gasteiger partial charge in [-0.25, -0.2) is 4.98 Å². The molecule has 0 N–H and O–H groups in total. The van der Waals surface area contributed by atoms with Crippen molar-refractivity contribution in [1.82, 2.24) is 4.98 Å². The molecular formula is C11H15NO2. The topological polar surface area (TPSA) is 31.4 Å². The van der Waals surface area contributed by atoms with Crippen molar-refractivity contribution in [2.45, 2.75) is 26.2 Å². The number of aromatic nitrogens is 1. The molecule has 0 saturated carbocycles. The highest BCUT2D eigenvalue weighted by molar-refractivity contribution is 5.37. The second-order valence-electron chi connectivity index (χ2n) is 4.45. The fourth-order valence-corrected chi connectivity index (χ4v) is 1.35. The van der Waals surface area contributed by atoms with Gasteiger partial charge in [-0.2, -0.15) is 0 Å². The molecule has 0 bridgehead atoms. The van der Waals surface area contributed by atoms with Gasteiger partial charge in [0.05, 0.1) is 5.69 Å². The van der Waals surface area contributed by atoms with Gasteiger partial charge < -0.3 is 9.47 Å². The van der Waals surface area contributed by atoms with Crippen LogP contribution >= 0.6 is 0 Å². The SMILES string of the molecule is CC(C)(C)c1ccc2c(n1)OCCO2. The third kappa shape index (κ3) is 1.67. The Morgan fingerprint density at radius 1 is 1.14 bits per heavy atom. The molecular weight excluding hydrogens is 178 g/mol. The van der Waals surface area contributed by atoms with Crippen molar-refractivity contribution in [3.8, 4) is 11.6 Å². The van der Waals surface area contributed by atoms with Crippen molar-refractivity contribution < 1.29 is 9.47 Å². The maximum atomic E-state index is 5.42. The van der Waals surface area contributed by atoms with E-state index in [1.165, 1.54) is 0 Å². The number of ether oxygens (including phenoxy) is 2. The molecule has 1 aliphatic heterocycles. The first-order valence-electron chi connectivity index (χ1n) is 4.84. The molecule has 3 heteroatoms. The van der Waals surface area contributed by atoms with Gasteiger partial charge in [0.15, 0.2) is 5.75 Å². The number of hydrogen-bond acceptors (Lipinski definition) is 3. The number of rotatable bonds is 0. The summed E-state index contributed by atoms with van der Waals surface area (Å²) in [6.07, 6.45) is 0. The Morgan fingerprint density at radius 2 is 1.86 bits per heavy atom. The van der Waals surface area contributed by atoms with Crippen LogP contribution in [0.5, 0.6) is 11.6 Å². The van der Waals surface area contributed by atoms with Gasteiger partial charge in [0.25, 0.3) is 5.88 Å². The van der Waals surface area contributed by atoms with Crippen LogP contribution in [0, 0.1) is 0 Å². The standard InChI is InChI=1S/C11H15NO2/c1-11(2,3)9-5-4-8-10(12-9)14-7-6-13-8/h4-5H,6-7H2,1-3H3. The third-order valence-electron chi connectivity index (χ3n) is 2.17. The van der Waals surface area contributed by atoms with E-state index in [0.29, 0.717) is 19.1 Å². The fraction of sp³-hybridized carbons (Fsp3) is 0.545. The summed E-state index contributed by atoms with van der Waals surface area (Å²) in [4.78, 5) is 4.44. The van der Waals surface area contributed by atoms with Crippen LogP contribution in [0.2, 0.25) is 0 Å². The lowest BCUT2D eigenvalue weighted by molar-refractivity contribution is 0.163. The normalized spacial score (nSPS) is 15.4. The monoisotopic (exact) mass is 193 g/mol. The Labute approximate surface area is 84.1 Å². The molecule has 14 heavy (non-hydrogen) atoms. The summed E-state index contributed by atoms with van der Waals surface area (Å²) in [5, 5.41) is 0. The van der Waals surface area contributed by atoms with E-state index in [9.17, 15) is 0 Å². The van der Waals surface area contributed by atoms with Crippen molar-refractivity contribution in [3.05, 3.63) is 17.8 Å². The van der Waals surface area contributed by atoms with Gasteiger partial charge in [0.1, 0.15) is 13.2 Å². The molecule has 0 aromatic carbocycles. The van der Waals surface area contributed by atoms with Crippen molar-refractivity contribution in [1.29, 1.82) is 0 Å². The van der Waals surface area contributed by atoms with Crippen molar-refractivity contribution in [2.24, 2.45) is 0 Å². The van der Waals surface area contributed by atoms with Crippen LogP contribution < -0.4 is 9.47 Å². The van der Waals surface area contributed by atoms with Crippen LogP contribution in [-0.2, 0) is 5.41 Å². The quantitative estimate of drug-likeness (QED) is 0.632. The molecule has 0 amide bonds. The van der Waals surface area contributed by atoms with Crippen molar-refractivity contribution in [2.75, 3.05) is 13.2 Å². The Hall–Kier alpha value is -1.25. The maximum absolute atomic E-state index is 5.42. The Balaban J connectivity index is 2.39. The first-order chi connectivity index (χ1) is 6.57. The van der Waals surface area contributed by atoms with E-state index < -0.39 is 0 Å². The largest absolute Gasteiger partial charge is 0.484 e. The summed E-state index contributed by atoms with van der Waals surface area (Å²) in [6.45, 7) is 7.60. The molecule has 0 aliphatic carbocycles. The predicted molar refractivity (Wildman–Crippen MR) is 53.9 cm³/mol. The third-order valence-corrected chi connectivity index (χ3v) is 2.17. The van der Waals surface area contributed by atoms with Crippen LogP contribution in [-0.4, -0.2) is 18.2 Å². The molecule has 0 saturated heterocycles. The second kappa shape index (κ2) is 3.15. The highest BCUT2D eigenvalue weighted by atomic mass is 16.6. The Morgan fingerprint density at radius 3 is 2.57 bits per heavy atom. The fourth-order valence-electron chi connectivity index (χ4n) is 1.35. The lowest BCUT2D eigenvalue weighted by Crippen LogP contribution is -2.19. The lowest BCUT2D eigenvalue weighted by atomic mass is 9.92. The average Bonchev–Trinajstić information content (AvgIpc) is 2.16. The van der Waals surface area contributed by atoms with Crippen LogP contribution in [0.25, 0.3) is 0 Å². The number of pyridine rings is 1. The summed E-state index contributed by atoms with van der Waals surface area (Å²) < 4.78 is 10.8. The minimum atomic E-state index is 0.0514. The summed E-state index contributed by atoms with van der Waals surface area (Å²) >= 11 is 0. The molecule has 0 fully saturated rings. The minimum Gasteiger partial charge on any atom is -0.484 e. The van der Waals surface area contributed by atoms with E-state index in [-0.39, 0.29) is 5.41 Å². The molecule has 0 radical (unpaired) electrons. The molecule has 1 aliphatic rings. The van der Waals surface area contributed by atoms with Gasteiger partial charge in [0.2, 0.25) is 0 Å². The van der Waals surface area contributed by atoms with Gasteiger partial charge in [-0.05, 0) is 12.1 Å². The zero-order valence-electron chi connectivity index (χ0n) is 8.83. The number of fused-ring (bicyclic) bond motifs is 1. The second-order valence-corrected chi connectivity index (χ2v) is 4.45. The minimum absolute atomic E-state index is 0.0514. The van der Waals surface area contributed by atoms with E-state index >= 15 is 0 Å². The number of nitrogens with zero attached hydrogens (tertiary/aromatic N) is 1. The molecule has 76 valence electrons. The van der Waals surface area contributed by atoms with E-state index in [1.54, 1.807) is 0 Å². The summed E-state index contributed by atoms with van der Waals surface area (Å²) in [6, 6.07) is 3.93. The molecule has 3 nitrogen and oxygen atoms in total. The molecule has 1 aromatic heterocycles. The van der Waals surface area contributed by atoms with Gasteiger partial charge >= 0.3 is 0 Å². The van der Waals surface area contributed by atoms with E-state index in [0.717, 1.165) is 11.4 Å². The molecule has 2 heterocycles.